The van der Waals surface area contributed by atoms with Gasteiger partial charge in [0, 0.05) is 12.4 Å². The van der Waals surface area contributed by atoms with Crippen LogP contribution in [0.5, 0.6) is 0 Å². The average molecular weight is 248 g/mol. The summed E-state index contributed by atoms with van der Waals surface area (Å²) in [6.07, 6.45) is 20.7. The van der Waals surface area contributed by atoms with Crippen molar-refractivity contribution in [1.82, 2.24) is 0 Å². The van der Waals surface area contributed by atoms with E-state index in [0.29, 0.717) is 11.8 Å². The molecule has 18 heavy (non-hydrogen) atoms. The average Bonchev–Trinajstić information content (AvgIpc) is 2.79. The van der Waals surface area contributed by atoms with Crippen molar-refractivity contribution < 1.29 is 0 Å². The Bertz CT molecular complexity index is 226. The van der Waals surface area contributed by atoms with Crippen LogP contribution in [-0.4, -0.2) is 12.4 Å². The van der Waals surface area contributed by atoms with Crippen molar-refractivity contribution >= 4 is 12.4 Å². The summed E-state index contributed by atoms with van der Waals surface area (Å²) in [6, 6.07) is 0. The maximum Gasteiger partial charge on any atom is 0.0301 e. The first-order valence-corrected chi connectivity index (χ1v) is 8.02. The van der Waals surface area contributed by atoms with Gasteiger partial charge in [0.15, 0.2) is 0 Å². The third-order valence-corrected chi connectivity index (χ3v) is 4.42. The van der Waals surface area contributed by atoms with Gasteiger partial charge in [-0.3, -0.25) is 0 Å². The molecule has 0 amide bonds. The second-order valence-electron chi connectivity index (χ2n) is 6.03. The van der Waals surface area contributed by atoms with Crippen molar-refractivity contribution in [3.05, 3.63) is 0 Å². The smallest absolute Gasteiger partial charge is 0.0301 e. The van der Waals surface area contributed by atoms with Crippen molar-refractivity contribution in [2.24, 2.45) is 22.0 Å². The van der Waals surface area contributed by atoms with E-state index in [9.17, 15) is 0 Å². The lowest BCUT2D eigenvalue weighted by Gasteiger charge is -2.06. The fourth-order valence-electron chi connectivity index (χ4n) is 3.19. The maximum atomic E-state index is 4.31. The molecule has 2 aliphatic carbocycles. The molecule has 0 N–H and O–H groups in total. The Morgan fingerprint density at radius 2 is 0.833 bits per heavy atom. The molecule has 2 nitrogen and oxygen atoms in total. The van der Waals surface area contributed by atoms with Crippen LogP contribution in [0.25, 0.3) is 0 Å². The van der Waals surface area contributed by atoms with Crippen molar-refractivity contribution in [3.8, 4) is 0 Å². The van der Waals surface area contributed by atoms with E-state index in [4.69, 9.17) is 0 Å². The second kappa shape index (κ2) is 8.44. The summed E-state index contributed by atoms with van der Waals surface area (Å²) < 4.78 is 0. The zero-order valence-electron chi connectivity index (χ0n) is 11.7. The molecule has 0 radical (unpaired) electrons. The highest BCUT2D eigenvalue weighted by molar-refractivity contribution is 5.64. The minimum atomic E-state index is 0.693. The zero-order chi connectivity index (χ0) is 12.5. The molecule has 2 rings (SSSR count). The molecule has 0 unspecified atom stereocenters. The molecule has 0 bridgehead atoms. The van der Waals surface area contributed by atoms with Gasteiger partial charge in [0.25, 0.3) is 0 Å². The van der Waals surface area contributed by atoms with Crippen molar-refractivity contribution in [2.45, 2.75) is 77.0 Å². The molecule has 0 aromatic rings. The van der Waals surface area contributed by atoms with Gasteiger partial charge in [-0.05, 0) is 37.5 Å². The Balaban J connectivity index is 1.71. The molecule has 2 saturated carbocycles. The number of hydrogen-bond acceptors (Lipinski definition) is 2. The van der Waals surface area contributed by atoms with E-state index in [1.54, 1.807) is 0 Å². The molecule has 0 spiro atoms. The first-order valence-electron chi connectivity index (χ1n) is 8.02. The topological polar surface area (TPSA) is 24.7 Å². The summed E-state index contributed by atoms with van der Waals surface area (Å²) in [5, 5.41) is 8.61. The second-order valence-corrected chi connectivity index (χ2v) is 6.03. The minimum absolute atomic E-state index is 0.693. The van der Waals surface area contributed by atoms with Crippen LogP contribution in [0.4, 0.5) is 0 Å². The highest BCUT2D eigenvalue weighted by atomic mass is 15.2. The third-order valence-electron chi connectivity index (χ3n) is 4.42. The first-order chi connectivity index (χ1) is 8.95. The molecule has 0 aliphatic heterocycles. The van der Waals surface area contributed by atoms with E-state index < -0.39 is 0 Å². The fourth-order valence-corrected chi connectivity index (χ4v) is 3.19. The SMILES string of the molecule is C(=NN=CC1CCCCCC1)C1CCCCCC1. The summed E-state index contributed by atoms with van der Waals surface area (Å²) in [7, 11) is 0. The molecule has 0 heterocycles. The Kier molecular flexibility index (Phi) is 6.46. The van der Waals surface area contributed by atoms with E-state index in [-0.39, 0.29) is 0 Å². The molecule has 0 aromatic heterocycles. The van der Waals surface area contributed by atoms with E-state index in [1.807, 2.05) is 0 Å². The molecule has 0 atom stereocenters. The van der Waals surface area contributed by atoms with E-state index in [0.717, 1.165) is 0 Å². The van der Waals surface area contributed by atoms with Crippen LogP contribution in [0.2, 0.25) is 0 Å². The summed E-state index contributed by atoms with van der Waals surface area (Å²) in [5.41, 5.74) is 0. The van der Waals surface area contributed by atoms with Crippen LogP contribution in [-0.2, 0) is 0 Å². The summed E-state index contributed by atoms with van der Waals surface area (Å²) in [4.78, 5) is 0. The van der Waals surface area contributed by atoms with Gasteiger partial charge in [-0.25, -0.2) is 0 Å². The van der Waals surface area contributed by atoms with Gasteiger partial charge in [0.1, 0.15) is 0 Å². The predicted octanol–water partition coefficient (Wildman–Crippen LogP) is 4.98. The molecule has 2 aliphatic rings. The molecule has 0 aromatic carbocycles. The molecule has 102 valence electrons. The summed E-state index contributed by atoms with van der Waals surface area (Å²) in [5.74, 6) is 1.39. The number of nitrogens with zero attached hydrogens (tertiary/aromatic N) is 2. The van der Waals surface area contributed by atoms with Crippen molar-refractivity contribution in [2.75, 3.05) is 0 Å². The van der Waals surface area contributed by atoms with Crippen LogP contribution in [0.1, 0.15) is 77.0 Å². The van der Waals surface area contributed by atoms with E-state index in [2.05, 4.69) is 22.6 Å². The molecule has 2 heteroatoms. The predicted molar refractivity (Wildman–Crippen MR) is 79.4 cm³/mol. The van der Waals surface area contributed by atoms with Crippen LogP contribution in [0, 0.1) is 11.8 Å². The largest absolute Gasteiger partial charge is 0.164 e. The Hall–Kier alpha value is -0.660. The summed E-state index contributed by atoms with van der Waals surface area (Å²) in [6.45, 7) is 0. The van der Waals surface area contributed by atoms with Gasteiger partial charge in [0.2, 0.25) is 0 Å². The van der Waals surface area contributed by atoms with Gasteiger partial charge in [0.05, 0.1) is 0 Å². The van der Waals surface area contributed by atoms with Crippen LogP contribution in [0.15, 0.2) is 10.2 Å². The monoisotopic (exact) mass is 248 g/mol. The van der Waals surface area contributed by atoms with Gasteiger partial charge in [-0.1, -0.05) is 51.4 Å². The van der Waals surface area contributed by atoms with Crippen LogP contribution >= 0.6 is 0 Å². The Morgan fingerprint density at radius 1 is 0.500 bits per heavy atom. The molecular weight excluding hydrogens is 220 g/mol. The van der Waals surface area contributed by atoms with E-state index >= 15 is 0 Å². The summed E-state index contributed by atoms with van der Waals surface area (Å²) >= 11 is 0. The molecule has 0 saturated heterocycles. The van der Waals surface area contributed by atoms with Gasteiger partial charge < -0.3 is 0 Å². The number of rotatable bonds is 3. The normalized spacial score (nSPS) is 25.6. The Morgan fingerprint density at radius 3 is 1.17 bits per heavy atom. The standard InChI is InChI=1S/C16H28N2/c1-2-6-10-15(9-5-1)13-17-18-14-16-11-7-3-4-8-12-16/h13-16H,1-12H2. The fraction of sp³-hybridized carbons (Fsp3) is 0.875. The van der Waals surface area contributed by atoms with Crippen LogP contribution < -0.4 is 0 Å². The lowest BCUT2D eigenvalue weighted by molar-refractivity contribution is 0.596. The van der Waals surface area contributed by atoms with Crippen LogP contribution in [0.3, 0.4) is 0 Å². The Labute approximate surface area is 112 Å². The first kappa shape index (κ1) is 13.8. The lowest BCUT2D eigenvalue weighted by atomic mass is 10.0. The highest BCUT2D eigenvalue weighted by Gasteiger charge is 2.10. The third kappa shape index (κ3) is 5.32. The quantitative estimate of drug-likeness (QED) is 0.382. The highest BCUT2D eigenvalue weighted by Crippen LogP contribution is 2.22. The van der Waals surface area contributed by atoms with Gasteiger partial charge in [-0.2, -0.15) is 10.2 Å². The van der Waals surface area contributed by atoms with Crippen molar-refractivity contribution in [1.29, 1.82) is 0 Å². The van der Waals surface area contributed by atoms with Gasteiger partial charge >= 0.3 is 0 Å². The lowest BCUT2D eigenvalue weighted by Crippen LogP contribution is -2.01. The van der Waals surface area contributed by atoms with E-state index in [1.165, 1.54) is 77.0 Å². The molecular formula is C16H28N2. The number of hydrogen-bond donors (Lipinski definition) is 0. The van der Waals surface area contributed by atoms with Crippen molar-refractivity contribution in [3.63, 3.8) is 0 Å². The molecule has 2 fully saturated rings. The maximum absolute atomic E-state index is 4.31. The van der Waals surface area contributed by atoms with Gasteiger partial charge in [-0.15, -0.1) is 0 Å². The minimum Gasteiger partial charge on any atom is -0.164 e. The zero-order valence-corrected chi connectivity index (χ0v) is 11.7.